The predicted molar refractivity (Wildman–Crippen MR) is 70.5 cm³/mol. The van der Waals surface area contributed by atoms with Crippen LogP contribution in [0.15, 0.2) is 0 Å². The van der Waals surface area contributed by atoms with Crippen LogP contribution in [-0.4, -0.2) is 53.0 Å². The van der Waals surface area contributed by atoms with Crippen LogP contribution in [0.3, 0.4) is 0 Å². The normalized spacial score (nSPS) is 21.9. The standard InChI is InChI=1S/C13H26N2O3/c1-12(2,3)18-11(16)15-7-6-14-10(9-15)8-13(4,5)17/h10,14,17H,6-9H2,1-5H3/t10-/m1/s1. The third-order valence-electron chi connectivity index (χ3n) is 2.65. The van der Waals surface area contributed by atoms with Gasteiger partial charge in [-0.15, -0.1) is 0 Å². The quantitative estimate of drug-likeness (QED) is 0.785. The van der Waals surface area contributed by atoms with Crippen molar-refractivity contribution in [3.05, 3.63) is 0 Å². The van der Waals surface area contributed by atoms with E-state index in [1.807, 2.05) is 20.8 Å². The molecule has 1 aliphatic rings. The fourth-order valence-corrected chi connectivity index (χ4v) is 2.06. The van der Waals surface area contributed by atoms with Crippen LogP contribution in [0.5, 0.6) is 0 Å². The van der Waals surface area contributed by atoms with Crippen molar-refractivity contribution in [3.63, 3.8) is 0 Å². The first-order chi connectivity index (χ1) is 8.07. The molecule has 1 atom stereocenters. The second kappa shape index (κ2) is 5.45. The molecule has 18 heavy (non-hydrogen) atoms. The van der Waals surface area contributed by atoms with Crippen LogP contribution in [0.4, 0.5) is 4.79 Å². The van der Waals surface area contributed by atoms with Crippen molar-refractivity contribution < 1.29 is 14.6 Å². The first-order valence-corrected chi connectivity index (χ1v) is 6.50. The first kappa shape index (κ1) is 15.2. The van der Waals surface area contributed by atoms with Gasteiger partial charge in [0.1, 0.15) is 5.60 Å². The summed E-state index contributed by atoms with van der Waals surface area (Å²) >= 11 is 0. The third-order valence-corrected chi connectivity index (χ3v) is 2.65. The zero-order valence-corrected chi connectivity index (χ0v) is 12.1. The summed E-state index contributed by atoms with van der Waals surface area (Å²) in [6, 6.07) is 0.117. The molecule has 0 bridgehead atoms. The Morgan fingerprint density at radius 3 is 2.50 bits per heavy atom. The summed E-state index contributed by atoms with van der Waals surface area (Å²) in [7, 11) is 0. The van der Waals surface area contributed by atoms with E-state index in [9.17, 15) is 9.90 Å². The number of rotatable bonds is 2. The van der Waals surface area contributed by atoms with E-state index in [4.69, 9.17) is 4.74 Å². The van der Waals surface area contributed by atoms with E-state index in [1.54, 1.807) is 18.7 Å². The summed E-state index contributed by atoms with van der Waals surface area (Å²) in [4.78, 5) is 13.6. The number of piperazine rings is 1. The Morgan fingerprint density at radius 2 is 2.00 bits per heavy atom. The molecule has 1 aliphatic heterocycles. The molecule has 106 valence electrons. The predicted octanol–water partition coefficient (Wildman–Crippen LogP) is 1.36. The molecular formula is C13H26N2O3. The summed E-state index contributed by atoms with van der Waals surface area (Å²) in [5.74, 6) is 0. The van der Waals surface area contributed by atoms with Crippen LogP contribution in [-0.2, 0) is 4.74 Å². The topological polar surface area (TPSA) is 61.8 Å². The number of carbonyl (C=O) groups is 1. The van der Waals surface area contributed by atoms with Gasteiger partial charge in [0, 0.05) is 25.7 Å². The van der Waals surface area contributed by atoms with Crippen LogP contribution in [0.2, 0.25) is 0 Å². The number of ether oxygens (including phenoxy) is 1. The Balaban J connectivity index is 2.51. The van der Waals surface area contributed by atoms with Crippen LogP contribution in [0.25, 0.3) is 0 Å². The lowest BCUT2D eigenvalue weighted by atomic mass is 9.98. The van der Waals surface area contributed by atoms with Crippen LogP contribution in [0.1, 0.15) is 41.0 Å². The summed E-state index contributed by atoms with van der Waals surface area (Å²) in [5, 5.41) is 13.1. The SMILES string of the molecule is CC(C)(O)C[C@@H]1CN(C(=O)OC(C)(C)C)CCN1. The first-order valence-electron chi connectivity index (χ1n) is 6.50. The van der Waals surface area contributed by atoms with E-state index >= 15 is 0 Å². The van der Waals surface area contributed by atoms with Crippen molar-refractivity contribution in [1.29, 1.82) is 0 Å². The lowest BCUT2D eigenvalue weighted by molar-refractivity contribution is 0.0109. The van der Waals surface area contributed by atoms with Crippen LogP contribution in [0, 0.1) is 0 Å². The lowest BCUT2D eigenvalue weighted by Gasteiger charge is -2.36. The molecule has 0 spiro atoms. The second-order valence-electron chi connectivity index (χ2n) is 6.59. The van der Waals surface area contributed by atoms with E-state index in [0.717, 1.165) is 6.54 Å². The van der Waals surface area contributed by atoms with Crippen LogP contribution < -0.4 is 5.32 Å². The molecule has 1 amide bonds. The number of aliphatic hydroxyl groups is 1. The number of hydrogen-bond acceptors (Lipinski definition) is 4. The maximum absolute atomic E-state index is 11.9. The molecule has 0 aliphatic carbocycles. The summed E-state index contributed by atoms with van der Waals surface area (Å²) in [6.07, 6.45) is 0.344. The Labute approximate surface area is 109 Å². The van der Waals surface area contributed by atoms with Crippen LogP contribution >= 0.6 is 0 Å². The van der Waals surface area contributed by atoms with Gasteiger partial charge in [0.2, 0.25) is 0 Å². The van der Waals surface area contributed by atoms with Gasteiger partial charge >= 0.3 is 6.09 Å². The van der Waals surface area contributed by atoms with Crippen molar-refractivity contribution in [1.82, 2.24) is 10.2 Å². The zero-order valence-electron chi connectivity index (χ0n) is 12.1. The van der Waals surface area contributed by atoms with Gasteiger partial charge in [0.05, 0.1) is 5.60 Å². The number of hydrogen-bond donors (Lipinski definition) is 2. The fraction of sp³-hybridized carbons (Fsp3) is 0.923. The van der Waals surface area contributed by atoms with Gasteiger partial charge < -0.3 is 20.1 Å². The highest BCUT2D eigenvalue weighted by Crippen LogP contribution is 2.16. The molecule has 0 aromatic heterocycles. The molecule has 1 saturated heterocycles. The van der Waals surface area contributed by atoms with Gasteiger partial charge in [-0.25, -0.2) is 4.79 Å². The molecule has 5 nitrogen and oxygen atoms in total. The zero-order chi connectivity index (χ0) is 14.0. The highest BCUT2D eigenvalue weighted by Gasteiger charge is 2.29. The smallest absolute Gasteiger partial charge is 0.410 e. The molecule has 1 fully saturated rings. The average molecular weight is 258 g/mol. The van der Waals surface area contributed by atoms with Crippen molar-refractivity contribution >= 4 is 6.09 Å². The molecule has 1 heterocycles. The monoisotopic (exact) mass is 258 g/mol. The molecule has 0 aromatic carbocycles. The maximum atomic E-state index is 11.9. The van der Waals surface area contributed by atoms with E-state index in [1.165, 1.54) is 0 Å². The lowest BCUT2D eigenvalue weighted by Crippen LogP contribution is -2.55. The van der Waals surface area contributed by atoms with Gasteiger partial charge in [0.15, 0.2) is 0 Å². The Bertz CT molecular complexity index is 292. The van der Waals surface area contributed by atoms with E-state index in [0.29, 0.717) is 19.5 Å². The maximum Gasteiger partial charge on any atom is 0.410 e. The number of nitrogens with one attached hydrogen (secondary N) is 1. The minimum atomic E-state index is -0.728. The fourth-order valence-electron chi connectivity index (χ4n) is 2.06. The molecule has 5 heteroatoms. The summed E-state index contributed by atoms with van der Waals surface area (Å²) in [6.45, 7) is 11.1. The van der Waals surface area contributed by atoms with Gasteiger partial charge in [-0.1, -0.05) is 0 Å². The molecule has 1 rings (SSSR count). The molecule has 0 radical (unpaired) electrons. The molecular weight excluding hydrogens is 232 g/mol. The van der Waals surface area contributed by atoms with Gasteiger partial charge in [-0.2, -0.15) is 0 Å². The average Bonchev–Trinajstić information content (AvgIpc) is 2.12. The summed E-state index contributed by atoms with van der Waals surface area (Å²) in [5.41, 5.74) is -1.19. The van der Waals surface area contributed by atoms with Gasteiger partial charge in [0.25, 0.3) is 0 Å². The van der Waals surface area contributed by atoms with E-state index in [2.05, 4.69) is 5.32 Å². The molecule has 2 N–H and O–H groups in total. The van der Waals surface area contributed by atoms with E-state index < -0.39 is 11.2 Å². The van der Waals surface area contributed by atoms with Crippen molar-refractivity contribution in [2.45, 2.75) is 58.3 Å². The minimum Gasteiger partial charge on any atom is -0.444 e. The third kappa shape index (κ3) is 5.69. The Kier molecular flexibility index (Phi) is 4.61. The van der Waals surface area contributed by atoms with Gasteiger partial charge in [-0.05, 0) is 41.0 Å². The highest BCUT2D eigenvalue weighted by molar-refractivity contribution is 5.68. The largest absolute Gasteiger partial charge is 0.444 e. The van der Waals surface area contributed by atoms with E-state index in [-0.39, 0.29) is 12.1 Å². The molecule has 0 saturated carbocycles. The van der Waals surface area contributed by atoms with Crippen molar-refractivity contribution in [3.8, 4) is 0 Å². The highest BCUT2D eigenvalue weighted by atomic mass is 16.6. The Morgan fingerprint density at radius 1 is 1.39 bits per heavy atom. The second-order valence-corrected chi connectivity index (χ2v) is 6.59. The number of carbonyl (C=O) groups excluding carboxylic acids is 1. The molecule has 0 unspecified atom stereocenters. The van der Waals surface area contributed by atoms with Gasteiger partial charge in [-0.3, -0.25) is 0 Å². The van der Waals surface area contributed by atoms with Crippen molar-refractivity contribution in [2.75, 3.05) is 19.6 Å². The molecule has 0 aromatic rings. The minimum absolute atomic E-state index is 0.117. The number of nitrogens with zero attached hydrogens (tertiary/aromatic N) is 1. The van der Waals surface area contributed by atoms with Crippen molar-refractivity contribution in [2.24, 2.45) is 0 Å². The Hall–Kier alpha value is -0.810. The summed E-state index contributed by atoms with van der Waals surface area (Å²) < 4.78 is 5.35. The number of amides is 1.